The molecule has 7 nitrogen and oxygen atoms in total. The minimum absolute atomic E-state index is 0.00840. The summed E-state index contributed by atoms with van der Waals surface area (Å²) in [5.41, 5.74) is 2.29. The topological polar surface area (TPSA) is 85.5 Å². The predicted octanol–water partition coefficient (Wildman–Crippen LogP) is 3.83. The summed E-state index contributed by atoms with van der Waals surface area (Å²) >= 11 is 0. The molecule has 0 aliphatic rings. The number of urea groups is 1. The van der Waals surface area contributed by atoms with Gasteiger partial charge >= 0.3 is 11.8 Å². The molecular formula is C18H19N3O4. The zero-order valence-electron chi connectivity index (χ0n) is 14.2. The van der Waals surface area contributed by atoms with E-state index in [1.807, 2.05) is 13.8 Å². The molecule has 2 N–H and O–H groups in total. The number of nitrogens with one attached hydrogen (secondary N) is 2. The summed E-state index contributed by atoms with van der Waals surface area (Å²) in [6.45, 7) is 3.82. The van der Waals surface area contributed by atoms with Crippen LogP contribution < -0.4 is 21.1 Å². The van der Waals surface area contributed by atoms with Gasteiger partial charge in [-0.05, 0) is 50.2 Å². The molecule has 0 bridgehead atoms. The summed E-state index contributed by atoms with van der Waals surface area (Å²) < 4.78 is 11.9. The van der Waals surface area contributed by atoms with Crippen molar-refractivity contribution in [1.82, 2.24) is 4.57 Å². The number of fused-ring (bicyclic) bond motifs is 1. The normalized spacial score (nSPS) is 10.9. The fraction of sp³-hybridized carbons (Fsp3) is 0.222. The average Bonchev–Trinajstić information content (AvgIpc) is 2.90. The highest BCUT2D eigenvalue weighted by Crippen LogP contribution is 2.21. The molecule has 0 atom stereocenters. The van der Waals surface area contributed by atoms with Crippen LogP contribution in [-0.4, -0.2) is 17.7 Å². The number of oxazole rings is 1. The number of anilines is 2. The summed E-state index contributed by atoms with van der Waals surface area (Å²) in [6, 6.07) is 11.7. The summed E-state index contributed by atoms with van der Waals surface area (Å²) in [5, 5.41) is 5.44. The second-order valence-electron chi connectivity index (χ2n) is 5.82. The predicted molar refractivity (Wildman–Crippen MR) is 96.5 cm³/mol. The molecule has 0 saturated carbocycles. The molecule has 0 unspecified atom stereocenters. The van der Waals surface area contributed by atoms with Gasteiger partial charge in [-0.3, -0.25) is 4.57 Å². The summed E-state index contributed by atoms with van der Waals surface area (Å²) in [6.07, 6.45) is 0. The quantitative estimate of drug-likeness (QED) is 0.755. The van der Waals surface area contributed by atoms with E-state index in [0.29, 0.717) is 28.2 Å². The van der Waals surface area contributed by atoms with Gasteiger partial charge in [0.2, 0.25) is 0 Å². The number of methoxy groups -OCH3 is 1. The number of amides is 2. The van der Waals surface area contributed by atoms with Crippen LogP contribution in [0.5, 0.6) is 5.75 Å². The van der Waals surface area contributed by atoms with Gasteiger partial charge in [-0.2, -0.15) is 0 Å². The summed E-state index contributed by atoms with van der Waals surface area (Å²) in [5.74, 6) is 0.297. The van der Waals surface area contributed by atoms with E-state index in [0.717, 1.165) is 0 Å². The molecule has 25 heavy (non-hydrogen) atoms. The van der Waals surface area contributed by atoms with E-state index in [4.69, 9.17) is 9.15 Å². The van der Waals surface area contributed by atoms with Gasteiger partial charge < -0.3 is 19.8 Å². The Morgan fingerprint density at radius 2 is 1.72 bits per heavy atom. The zero-order chi connectivity index (χ0) is 18.0. The number of carbonyl (C=O) groups is 1. The highest BCUT2D eigenvalue weighted by Gasteiger charge is 2.13. The SMILES string of the molecule is COc1ccc(NC(=O)Nc2ccc3c(c2)oc(=O)n3C(C)C)cc1. The first-order chi connectivity index (χ1) is 12.0. The second-order valence-corrected chi connectivity index (χ2v) is 5.82. The highest BCUT2D eigenvalue weighted by molar-refractivity contribution is 6.00. The van der Waals surface area contributed by atoms with Gasteiger partial charge in [-0.15, -0.1) is 0 Å². The first kappa shape index (κ1) is 16.6. The van der Waals surface area contributed by atoms with Crippen molar-refractivity contribution < 1.29 is 13.9 Å². The Morgan fingerprint density at radius 3 is 2.36 bits per heavy atom. The number of ether oxygens (including phenoxy) is 1. The molecule has 3 aromatic rings. The molecule has 2 amide bonds. The molecule has 2 aromatic carbocycles. The summed E-state index contributed by atoms with van der Waals surface area (Å²) in [4.78, 5) is 24.0. The van der Waals surface area contributed by atoms with Crippen molar-refractivity contribution in [1.29, 1.82) is 0 Å². The van der Waals surface area contributed by atoms with Crippen LogP contribution in [0, 0.1) is 0 Å². The van der Waals surface area contributed by atoms with E-state index in [2.05, 4.69) is 10.6 Å². The van der Waals surface area contributed by atoms with E-state index in [-0.39, 0.29) is 6.04 Å². The largest absolute Gasteiger partial charge is 0.497 e. The molecule has 0 saturated heterocycles. The van der Waals surface area contributed by atoms with Gasteiger partial charge in [-0.25, -0.2) is 9.59 Å². The molecule has 0 radical (unpaired) electrons. The third-order valence-corrected chi connectivity index (χ3v) is 3.74. The second kappa shape index (κ2) is 6.72. The first-order valence-electron chi connectivity index (χ1n) is 7.85. The van der Waals surface area contributed by atoms with E-state index >= 15 is 0 Å². The molecule has 130 valence electrons. The van der Waals surface area contributed by atoms with E-state index < -0.39 is 11.8 Å². The van der Waals surface area contributed by atoms with Crippen molar-refractivity contribution in [3.8, 4) is 5.75 Å². The third kappa shape index (κ3) is 3.50. The van der Waals surface area contributed by atoms with Crippen molar-refractivity contribution in [3.63, 3.8) is 0 Å². The van der Waals surface area contributed by atoms with Crippen LogP contribution in [-0.2, 0) is 0 Å². The lowest BCUT2D eigenvalue weighted by Crippen LogP contribution is -2.19. The van der Waals surface area contributed by atoms with Crippen LogP contribution in [0.3, 0.4) is 0 Å². The lowest BCUT2D eigenvalue weighted by molar-refractivity contribution is 0.262. The number of benzene rings is 2. The lowest BCUT2D eigenvalue weighted by Gasteiger charge is -2.09. The Bertz CT molecular complexity index is 955. The maximum Gasteiger partial charge on any atom is 0.420 e. The van der Waals surface area contributed by atoms with Gasteiger partial charge in [0.15, 0.2) is 5.58 Å². The molecular weight excluding hydrogens is 322 g/mol. The molecule has 1 heterocycles. The molecule has 1 aromatic heterocycles. The maximum atomic E-state index is 12.1. The highest BCUT2D eigenvalue weighted by atomic mass is 16.5. The zero-order valence-corrected chi connectivity index (χ0v) is 14.2. The van der Waals surface area contributed by atoms with Crippen molar-refractivity contribution >= 4 is 28.5 Å². The molecule has 3 rings (SSSR count). The maximum absolute atomic E-state index is 12.1. The Balaban J connectivity index is 1.75. The fourth-order valence-electron chi connectivity index (χ4n) is 2.57. The van der Waals surface area contributed by atoms with E-state index in [1.165, 1.54) is 0 Å². The number of nitrogens with zero attached hydrogens (tertiary/aromatic N) is 1. The van der Waals surface area contributed by atoms with E-state index in [1.54, 1.807) is 54.1 Å². The first-order valence-corrected chi connectivity index (χ1v) is 7.85. The average molecular weight is 341 g/mol. The monoisotopic (exact) mass is 341 g/mol. The molecule has 0 aliphatic carbocycles. The minimum Gasteiger partial charge on any atom is -0.497 e. The molecule has 7 heteroatoms. The van der Waals surface area contributed by atoms with Crippen molar-refractivity contribution in [2.24, 2.45) is 0 Å². The van der Waals surface area contributed by atoms with Crippen molar-refractivity contribution in [2.45, 2.75) is 19.9 Å². The number of aromatic nitrogens is 1. The number of hydrogen-bond acceptors (Lipinski definition) is 4. The van der Waals surface area contributed by atoms with Crippen LogP contribution in [0.1, 0.15) is 19.9 Å². The van der Waals surface area contributed by atoms with Crippen LogP contribution in [0.4, 0.5) is 16.2 Å². The third-order valence-electron chi connectivity index (χ3n) is 3.74. The van der Waals surface area contributed by atoms with Crippen LogP contribution in [0.25, 0.3) is 11.1 Å². The Hall–Kier alpha value is -3.22. The van der Waals surface area contributed by atoms with Gasteiger partial charge in [0.1, 0.15) is 5.75 Å². The minimum atomic E-state index is -0.412. The molecule has 0 fully saturated rings. The Kier molecular flexibility index (Phi) is 4.47. The van der Waals surface area contributed by atoms with Gasteiger partial charge in [0.05, 0.1) is 12.6 Å². The van der Waals surface area contributed by atoms with E-state index in [9.17, 15) is 9.59 Å². The van der Waals surface area contributed by atoms with Crippen LogP contribution in [0.15, 0.2) is 51.7 Å². The standard InChI is InChI=1S/C18H19N3O4/c1-11(2)21-15-9-6-13(10-16(15)25-18(21)23)20-17(22)19-12-4-7-14(24-3)8-5-12/h4-11H,1-3H3,(H2,19,20,22). The van der Waals surface area contributed by atoms with Crippen molar-refractivity contribution in [2.75, 3.05) is 17.7 Å². The van der Waals surface area contributed by atoms with Crippen LogP contribution in [0.2, 0.25) is 0 Å². The lowest BCUT2D eigenvalue weighted by atomic mass is 10.2. The number of rotatable bonds is 4. The Morgan fingerprint density at radius 1 is 1.08 bits per heavy atom. The smallest absolute Gasteiger partial charge is 0.420 e. The number of hydrogen-bond donors (Lipinski definition) is 2. The fourth-order valence-corrected chi connectivity index (χ4v) is 2.57. The van der Waals surface area contributed by atoms with Gasteiger partial charge in [-0.1, -0.05) is 0 Å². The van der Waals surface area contributed by atoms with Gasteiger partial charge in [0, 0.05) is 23.5 Å². The van der Waals surface area contributed by atoms with Crippen LogP contribution >= 0.6 is 0 Å². The number of carbonyl (C=O) groups excluding carboxylic acids is 1. The van der Waals surface area contributed by atoms with Gasteiger partial charge in [0.25, 0.3) is 0 Å². The van der Waals surface area contributed by atoms with Crippen molar-refractivity contribution in [3.05, 3.63) is 53.0 Å². The molecule has 0 spiro atoms. The molecule has 0 aliphatic heterocycles. The Labute approximate surface area is 144 Å². The summed E-state index contributed by atoms with van der Waals surface area (Å²) in [7, 11) is 1.58.